The van der Waals surface area contributed by atoms with Crippen LogP contribution < -0.4 is 10.5 Å². The Kier molecular flexibility index (Phi) is 6.28. The van der Waals surface area contributed by atoms with Gasteiger partial charge >= 0.3 is 0 Å². The van der Waals surface area contributed by atoms with Crippen LogP contribution in [-0.2, 0) is 16.6 Å². The summed E-state index contributed by atoms with van der Waals surface area (Å²) < 4.78 is 28.7. The third-order valence-electron chi connectivity index (χ3n) is 5.35. The molecule has 0 N–H and O–H groups in total. The number of halogens is 1. The van der Waals surface area contributed by atoms with Gasteiger partial charge in [0.15, 0.2) is 0 Å². The molecule has 4 rings (SSSR count). The standard InChI is InChI=1S/C22H20ClN5O3S/c23-21-19(15-25-28(22(21)29)16-17-6-2-1-3-7-17)26-10-12-27(13-11-26)32(30,31)20-9-5-4-8-18(20)14-24/h1-9,15H,10-13,16H2. The van der Waals surface area contributed by atoms with Crippen LogP contribution in [0.2, 0.25) is 5.02 Å². The lowest BCUT2D eigenvalue weighted by Crippen LogP contribution is -2.49. The summed E-state index contributed by atoms with van der Waals surface area (Å²) in [4.78, 5) is 14.6. The number of hydrogen-bond donors (Lipinski definition) is 0. The Balaban J connectivity index is 1.50. The minimum absolute atomic E-state index is 0.000779. The molecule has 0 amide bonds. The van der Waals surface area contributed by atoms with Crippen molar-refractivity contribution in [3.8, 4) is 6.07 Å². The molecule has 1 aliphatic rings. The van der Waals surface area contributed by atoms with Crippen LogP contribution in [-0.4, -0.2) is 48.7 Å². The van der Waals surface area contributed by atoms with E-state index in [4.69, 9.17) is 11.6 Å². The highest BCUT2D eigenvalue weighted by molar-refractivity contribution is 7.89. The molecule has 1 fully saturated rings. The Morgan fingerprint density at radius 3 is 2.34 bits per heavy atom. The molecule has 164 valence electrons. The van der Waals surface area contributed by atoms with Crippen LogP contribution in [0.5, 0.6) is 0 Å². The highest BCUT2D eigenvalue weighted by Crippen LogP contribution is 2.25. The number of nitrogens with zero attached hydrogens (tertiary/aromatic N) is 5. The van der Waals surface area contributed by atoms with Crippen molar-refractivity contribution in [2.75, 3.05) is 31.1 Å². The first kappa shape index (κ1) is 22.0. The van der Waals surface area contributed by atoms with Gasteiger partial charge in [-0.15, -0.1) is 0 Å². The fourth-order valence-corrected chi connectivity index (χ4v) is 5.47. The van der Waals surface area contributed by atoms with E-state index in [1.165, 1.54) is 21.1 Å². The molecular weight excluding hydrogens is 450 g/mol. The molecule has 1 aliphatic heterocycles. The van der Waals surface area contributed by atoms with Crippen molar-refractivity contribution in [2.24, 2.45) is 0 Å². The fourth-order valence-electron chi connectivity index (χ4n) is 3.64. The van der Waals surface area contributed by atoms with E-state index in [1.807, 2.05) is 41.3 Å². The van der Waals surface area contributed by atoms with Crippen LogP contribution in [0.4, 0.5) is 5.69 Å². The first-order valence-corrected chi connectivity index (χ1v) is 11.8. The van der Waals surface area contributed by atoms with Gasteiger partial charge in [-0.05, 0) is 17.7 Å². The first-order valence-electron chi connectivity index (χ1n) is 9.95. The molecule has 2 heterocycles. The Morgan fingerprint density at radius 1 is 1.00 bits per heavy atom. The lowest BCUT2D eigenvalue weighted by Gasteiger charge is -2.35. The number of sulfonamides is 1. The second-order valence-electron chi connectivity index (χ2n) is 7.29. The van der Waals surface area contributed by atoms with E-state index in [0.29, 0.717) is 25.3 Å². The Bertz CT molecular complexity index is 1330. The summed E-state index contributed by atoms with van der Waals surface area (Å²) in [6.45, 7) is 1.40. The maximum atomic E-state index is 13.0. The quantitative estimate of drug-likeness (QED) is 0.568. The number of benzene rings is 2. The molecule has 32 heavy (non-hydrogen) atoms. The molecule has 0 spiro atoms. The molecule has 10 heteroatoms. The van der Waals surface area contributed by atoms with Crippen LogP contribution in [0.1, 0.15) is 11.1 Å². The highest BCUT2D eigenvalue weighted by Gasteiger charge is 2.31. The van der Waals surface area contributed by atoms with E-state index in [9.17, 15) is 18.5 Å². The average Bonchev–Trinajstić information content (AvgIpc) is 2.83. The predicted octanol–water partition coefficient (Wildman–Crippen LogP) is 2.33. The number of piperazine rings is 1. The van der Waals surface area contributed by atoms with Gasteiger partial charge in [0.25, 0.3) is 5.56 Å². The smallest absolute Gasteiger partial charge is 0.287 e. The maximum Gasteiger partial charge on any atom is 0.287 e. The van der Waals surface area contributed by atoms with E-state index < -0.39 is 15.6 Å². The van der Waals surface area contributed by atoms with E-state index in [-0.39, 0.29) is 28.6 Å². The fraction of sp³-hybridized carbons (Fsp3) is 0.227. The van der Waals surface area contributed by atoms with Crippen molar-refractivity contribution < 1.29 is 8.42 Å². The van der Waals surface area contributed by atoms with Gasteiger partial charge in [0.05, 0.1) is 28.9 Å². The number of aromatic nitrogens is 2. The molecular formula is C22H20ClN5O3S. The minimum atomic E-state index is -3.80. The second kappa shape index (κ2) is 9.12. The van der Waals surface area contributed by atoms with Crippen LogP contribution in [0.25, 0.3) is 0 Å². The van der Waals surface area contributed by atoms with Gasteiger partial charge < -0.3 is 4.90 Å². The van der Waals surface area contributed by atoms with E-state index in [2.05, 4.69) is 5.10 Å². The van der Waals surface area contributed by atoms with Gasteiger partial charge in [0, 0.05) is 26.2 Å². The van der Waals surface area contributed by atoms with Gasteiger partial charge in [0.1, 0.15) is 11.1 Å². The molecule has 0 saturated carbocycles. The number of rotatable bonds is 5. The van der Waals surface area contributed by atoms with Gasteiger partial charge in [-0.25, -0.2) is 13.1 Å². The third kappa shape index (κ3) is 4.25. The second-order valence-corrected chi connectivity index (χ2v) is 9.58. The number of hydrogen-bond acceptors (Lipinski definition) is 6. The molecule has 1 saturated heterocycles. The minimum Gasteiger partial charge on any atom is -0.366 e. The topological polar surface area (TPSA) is 99.3 Å². The van der Waals surface area contributed by atoms with Gasteiger partial charge in [0.2, 0.25) is 10.0 Å². The van der Waals surface area contributed by atoms with E-state index in [1.54, 1.807) is 18.3 Å². The summed E-state index contributed by atoms with van der Waals surface area (Å²) in [7, 11) is -3.80. The average molecular weight is 470 g/mol. The summed E-state index contributed by atoms with van der Waals surface area (Å²) in [6, 6.07) is 17.6. The highest BCUT2D eigenvalue weighted by atomic mass is 35.5. The maximum absolute atomic E-state index is 13.0. The molecule has 0 aliphatic carbocycles. The van der Waals surface area contributed by atoms with Crippen LogP contribution >= 0.6 is 11.6 Å². The van der Waals surface area contributed by atoms with Crippen molar-refractivity contribution in [1.82, 2.24) is 14.1 Å². The zero-order valence-electron chi connectivity index (χ0n) is 17.1. The van der Waals surface area contributed by atoms with Gasteiger partial charge in [-0.3, -0.25) is 4.79 Å². The molecule has 1 aromatic heterocycles. The van der Waals surface area contributed by atoms with Crippen molar-refractivity contribution in [2.45, 2.75) is 11.4 Å². The zero-order valence-corrected chi connectivity index (χ0v) is 18.6. The zero-order chi connectivity index (χ0) is 22.7. The van der Waals surface area contributed by atoms with Gasteiger partial charge in [-0.2, -0.15) is 14.7 Å². The summed E-state index contributed by atoms with van der Waals surface area (Å²) in [5.41, 5.74) is 1.13. The molecule has 2 aromatic carbocycles. The lowest BCUT2D eigenvalue weighted by molar-refractivity contribution is 0.384. The SMILES string of the molecule is N#Cc1ccccc1S(=O)(=O)N1CCN(c2cnn(Cc3ccccc3)c(=O)c2Cl)CC1. The van der Waals surface area contributed by atoms with Crippen molar-refractivity contribution >= 4 is 27.3 Å². The Labute approximate surface area is 190 Å². The summed E-state index contributed by atoms with van der Waals surface area (Å²) in [5.74, 6) is 0. The Morgan fingerprint density at radius 2 is 1.66 bits per heavy atom. The number of nitriles is 1. The normalized spacial score (nSPS) is 14.8. The van der Waals surface area contributed by atoms with Crippen molar-refractivity contribution in [3.05, 3.63) is 87.3 Å². The molecule has 0 atom stereocenters. The molecule has 0 unspecified atom stereocenters. The first-order chi connectivity index (χ1) is 15.4. The summed E-state index contributed by atoms with van der Waals surface area (Å²) in [6.07, 6.45) is 1.54. The third-order valence-corrected chi connectivity index (χ3v) is 7.66. The van der Waals surface area contributed by atoms with Gasteiger partial charge in [-0.1, -0.05) is 54.1 Å². The molecule has 0 bridgehead atoms. The molecule has 3 aromatic rings. The van der Waals surface area contributed by atoms with E-state index >= 15 is 0 Å². The van der Waals surface area contributed by atoms with E-state index in [0.717, 1.165) is 5.56 Å². The van der Waals surface area contributed by atoms with Crippen LogP contribution in [0, 0.1) is 11.3 Å². The monoisotopic (exact) mass is 469 g/mol. The Hall–Kier alpha value is -3.19. The van der Waals surface area contributed by atoms with Crippen LogP contribution in [0.3, 0.4) is 0 Å². The summed E-state index contributed by atoms with van der Waals surface area (Å²) >= 11 is 6.38. The van der Waals surface area contributed by atoms with Crippen molar-refractivity contribution in [1.29, 1.82) is 5.26 Å². The van der Waals surface area contributed by atoms with Crippen LogP contribution in [0.15, 0.2) is 70.5 Å². The molecule has 8 nitrogen and oxygen atoms in total. The van der Waals surface area contributed by atoms with Crippen molar-refractivity contribution in [3.63, 3.8) is 0 Å². The lowest BCUT2D eigenvalue weighted by atomic mass is 10.2. The number of anilines is 1. The summed E-state index contributed by atoms with van der Waals surface area (Å²) in [5, 5.41) is 13.6. The largest absolute Gasteiger partial charge is 0.366 e. The molecule has 0 radical (unpaired) electrons. The predicted molar refractivity (Wildman–Crippen MR) is 121 cm³/mol.